The lowest BCUT2D eigenvalue weighted by Crippen LogP contribution is -2.39. The van der Waals surface area contributed by atoms with Crippen LogP contribution in [-0.4, -0.2) is 30.8 Å². The first-order valence-corrected chi connectivity index (χ1v) is 8.30. The Morgan fingerprint density at radius 1 is 1.17 bits per heavy atom. The van der Waals surface area contributed by atoms with Crippen molar-refractivity contribution in [2.24, 2.45) is 0 Å². The minimum absolute atomic E-state index is 0.150. The molecule has 1 aromatic heterocycles. The lowest BCUT2D eigenvalue weighted by atomic mass is 10.1. The molecule has 0 radical (unpaired) electrons. The minimum atomic E-state index is 0.150. The number of hydrogen-bond donors (Lipinski definition) is 0. The van der Waals surface area contributed by atoms with Gasteiger partial charge in [-0.1, -0.05) is 12.1 Å². The molecule has 5 nitrogen and oxygen atoms in total. The summed E-state index contributed by atoms with van der Waals surface area (Å²) >= 11 is 0. The zero-order valence-electron chi connectivity index (χ0n) is 13.8. The molecule has 2 aromatic rings. The van der Waals surface area contributed by atoms with Crippen molar-refractivity contribution in [1.82, 2.24) is 4.98 Å². The predicted molar refractivity (Wildman–Crippen MR) is 92.4 cm³/mol. The van der Waals surface area contributed by atoms with Gasteiger partial charge in [0.2, 0.25) is 0 Å². The first-order valence-electron chi connectivity index (χ1n) is 8.30. The number of aromatic nitrogens is 1. The maximum Gasteiger partial charge on any atom is 0.161 e. The molecular formula is C19H21N3O2. The van der Waals surface area contributed by atoms with Crippen molar-refractivity contribution < 1.29 is 9.47 Å². The Labute approximate surface area is 142 Å². The third-order valence-electron chi connectivity index (χ3n) is 4.09. The van der Waals surface area contributed by atoms with Gasteiger partial charge in [-0.2, -0.15) is 5.26 Å². The number of piperidine rings is 1. The summed E-state index contributed by atoms with van der Waals surface area (Å²) in [5, 5.41) is 9.22. The van der Waals surface area contributed by atoms with E-state index < -0.39 is 0 Å². The molecule has 24 heavy (non-hydrogen) atoms. The van der Waals surface area contributed by atoms with E-state index in [0.717, 1.165) is 43.2 Å². The Hall–Kier alpha value is -2.74. The van der Waals surface area contributed by atoms with Gasteiger partial charge in [0.1, 0.15) is 18.0 Å². The van der Waals surface area contributed by atoms with E-state index in [4.69, 9.17) is 9.47 Å². The van der Waals surface area contributed by atoms with Gasteiger partial charge in [0.05, 0.1) is 12.2 Å². The fourth-order valence-electron chi connectivity index (χ4n) is 2.92. The largest absolute Gasteiger partial charge is 0.490 e. The number of rotatable bonds is 5. The molecule has 0 saturated carbocycles. The van der Waals surface area contributed by atoms with Gasteiger partial charge in [0.15, 0.2) is 11.5 Å². The second-order valence-electron chi connectivity index (χ2n) is 5.67. The third-order valence-corrected chi connectivity index (χ3v) is 4.09. The number of anilines is 1. The third kappa shape index (κ3) is 3.60. The molecule has 0 unspecified atom stereocenters. The van der Waals surface area contributed by atoms with E-state index in [1.54, 1.807) is 12.3 Å². The topological polar surface area (TPSA) is 58.4 Å². The van der Waals surface area contributed by atoms with E-state index in [2.05, 4.69) is 16.0 Å². The van der Waals surface area contributed by atoms with Crippen molar-refractivity contribution >= 4 is 5.82 Å². The molecule has 0 aliphatic carbocycles. The van der Waals surface area contributed by atoms with E-state index in [9.17, 15) is 5.26 Å². The highest BCUT2D eigenvalue weighted by Gasteiger charge is 2.23. The van der Waals surface area contributed by atoms with Crippen molar-refractivity contribution in [3.63, 3.8) is 0 Å². The molecule has 1 saturated heterocycles. The Morgan fingerprint density at radius 2 is 1.92 bits per heavy atom. The number of nitriles is 1. The number of ether oxygens (including phenoxy) is 2. The average Bonchev–Trinajstić information content (AvgIpc) is 2.64. The maximum atomic E-state index is 9.22. The quantitative estimate of drug-likeness (QED) is 0.844. The maximum absolute atomic E-state index is 9.22. The molecule has 1 aliphatic heterocycles. The van der Waals surface area contributed by atoms with Crippen molar-refractivity contribution in [2.45, 2.75) is 25.9 Å². The van der Waals surface area contributed by atoms with Crippen LogP contribution in [0, 0.1) is 11.3 Å². The highest BCUT2D eigenvalue weighted by Crippen LogP contribution is 2.30. The van der Waals surface area contributed by atoms with Crippen LogP contribution in [-0.2, 0) is 0 Å². The lowest BCUT2D eigenvalue weighted by Gasteiger charge is -2.33. The van der Waals surface area contributed by atoms with E-state index >= 15 is 0 Å². The number of benzene rings is 1. The van der Waals surface area contributed by atoms with Crippen LogP contribution >= 0.6 is 0 Å². The van der Waals surface area contributed by atoms with Crippen LogP contribution in [0.25, 0.3) is 0 Å². The van der Waals surface area contributed by atoms with Gasteiger partial charge < -0.3 is 14.4 Å². The molecule has 0 atom stereocenters. The molecule has 2 heterocycles. The lowest BCUT2D eigenvalue weighted by molar-refractivity contribution is 0.162. The van der Waals surface area contributed by atoms with Crippen LogP contribution in [0.1, 0.15) is 25.3 Å². The van der Waals surface area contributed by atoms with Crippen LogP contribution < -0.4 is 14.4 Å². The number of para-hydroxylation sites is 2. The fourth-order valence-corrected chi connectivity index (χ4v) is 2.92. The second kappa shape index (κ2) is 7.69. The molecule has 0 N–H and O–H groups in total. The predicted octanol–water partition coefficient (Wildman–Crippen LogP) is 3.40. The van der Waals surface area contributed by atoms with Crippen LogP contribution in [0.4, 0.5) is 5.82 Å². The molecule has 1 aromatic carbocycles. The van der Waals surface area contributed by atoms with Gasteiger partial charge in [0.25, 0.3) is 0 Å². The highest BCUT2D eigenvalue weighted by atomic mass is 16.5. The SMILES string of the molecule is CCOc1ccccc1OC1CCN(c2ncccc2C#N)CC1. The van der Waals surface area contributed by atoms with Crippen molar-refractivity contribution in [3.8, 4) is 17.6 Å². The van der Waals surface area contributed by atoms with Crippen LogP contribution in [0.2, 0.25) is 0 Å². The monoisotopic (exact) mass is 323 g/mol. The molecule has 124 valence electrons. The summed E-state index contributed by atoms with van der Waals surface area (Å²) in [5.74, 6) is 2.36. The molecule has 0 spiro atoms. The van der Waals surface area contributed by atoms with Crippen molar-refractivity contribution in [3.05, 3.63) is 48.2 Å². The molecule has 0 amide bonds. The van der Waals surface area contributed by atoms with E-state index in [1.165, 1.54) is 0 Å². The smallest absolute Gasteiger partial charge is 0.161 e. The molecule has 1 fully saturated rings. The van der Waals surface area contributed by atoms with Crippen molar-refractivity contribution in [1.29, 1.82) is 5.26 Å². The van der Waals surface area contributed by atoms with E-state index in [0.29, 0.717) is 12.2 Å². The molecule has 0 bridgehead atoms. The van der Waals surface area contributed by atoms with Gasteiger partial charge in [0, 0.05) is 32.1 Å². The summed E-state index contributed by atoms with van der Waals surface area (Å²) in [4.78, 5) is 6.52. The van der Waals surface area contributed by atoms with Crippen LogP contribution in [0.15, 0.2) is 42.6 Å². The molecule has 3 rings (SSSR count). The van der Waals surface area contributed by atoms with Gasteiger partial charge in [-0.05, 0) is 31.2 Å². The van der Waals surface area contributed by atoms with Gasteiger partial charge in [-0.3, -0.25) is 0 Å². The van der Waals surface area contributed by atoms with Gasteiger partial charge in [-0.25, -0.2) is 4.98 Å². The Kier molecular flexibility index (Phi) is 5.17. The Balaban J connectivity index is 1.63. The number of hydrogen-bond acceptors (Lipinski definition) is 5. The molecular weight excluding hydrogens is 302 g/mol. The first-order chi connectivity index (χ1) is 11.8. The molecule has 1 aliphatic rings. The fraction of sp³-hybridized carbons (Fsp3) is 0.368. The zero-order valence-corrected chi connectivity index (χ0v) is 13.8. The number of nitrogens with zero attached hydrogens (tertiary/aromatic N) is 3. The first kappa shape index (κ1) is 16.1. The Bertz CT molecular complexity index is 719. The van der Waals surface area contributed by atoms with E-state index in [1.807, 2.05) is 37.3 Å². The number of pyridine rings is 1. The van der Waals surface area contributed by atoms with Crippen LogP contribution in [0.3, 0.4) is 0 Å². The molecule has 5 heteroatoms. The summed E-state index contributed by atoms with van der Waals surface area (Å²) in [7, 11) is 0. The van der Waals surface area contributed by atoms with Crippen LogP contribution in [0.5, 0.6) is 11.5 Å². The summed E-state index contributed by atoms with van der Waals surface area (Å²) in [6, 6.07) is 13.6. The Morgan fingerprint density at radius 3 is 2.62 bits per heavy atom. The summed E-state index contributed by atoms with van der Waals surface area (Å²) in [6.07, 6.45) is 3.66. The average molecular weight is 323 g/mol. The minimum Gasteiger partial charge on any atom is -0.490 e. The van der Waals surface area contributed by atoms with Gasteiger partial charge >= 0.3 is 0 Å². The van der Waals surface area contributed by atoms with Crippen molar-refractivity contribution in [2.75, 3.05) is 24.6 Å². The zero-order chi connectivity index (χ0) is 16.8. The summed E-state index contributed by atoms with van der Waals surface area (Å²) < 4.78 is 11.8. The second-order valence-corrected chi connectivity index (χ2v) is 5.67. The van der Waals surface area contributed by atoms with E-state index in [-0.39, 0.29) is 6.10 Å². The standard InChI is InChI=1S/C19H21N3O2/c1-2-23-17-7-3-4-8-18(17)24-16-9-12-22(13-10-16)19-15(14-20)6-5-11-21-19/h3-8,11,16H,2,9-10,12-13H2,1H3. The highest BCUT2D eigenvalue weighted by molar-refractivity contribution is 5.53. The normalized spacial score (nSPS) is 14.9. The summed E-state index contributed by atoms with van der Waals surface area (Å²) in [6.45, 7) is 4.24. The van der Waals surface area contributed by atoms with Gasteiger partial charge in [-0.15, -0.1) is 0 Å². The summed E-state index contributed by atoms with van der Waals surface area (Å²) in [5.41, 5.74) is 0.624.